The van der Waals surface area contributed by atoms with Crippen molar-refractivity contribution in [2.75, 3.05) is 5.32 Å². The van der Waals surface area contributed by atoms with Crippen LogP contribution in [0.4, 0.5) is 5.13 Å². The van der Waals surface area contributed by atoms with Gasteiger partial charge in [-0.25, -0.2) is 4.98 Å². The zero-order valence-electron chi connectivity index (χ0n) is 11.7. The Balaban J connectivity index is 2.22. The molecule has 100 valence electrons. The standard InChI is InChI=1S/C15H18N2OS/c1-5-13-11(4)19-15(16-13)17-14(18)12-8-9(2)6-7-10(12)3/h6-8H,5H2,1-4H3,(H,16,17,18). The van der Waals surface area contributed by atoms with Gasteiger partial charge in [-0.05, 0) is 38.8 Å². The van der Waals surface area contributed by atoms with Gasteiger partial charge in [-0.3, -0.25) is 10.1 Å². The largest absolute Gasteiger partial charge is 0.298 e. The second-order valence-corrected chi connectivity index (χ2v) is 5.85. The molecule has 0 saturated carbocycles. The van der Waals surface area contributed by atoms with Crippen molar-refractivity contribution >= 4 is 22.4 Å². The first-order valence-corrected chi connectivity index (χ1v) is 7.17. The van der Waals surface area contributed by atoms with Gasteiger partial charge in [0.05, 0.1) is 5.69 Å². The van der Waals surface area contributed by atoms with Gasteiger partial charge in [-0.2, -0.15) is 0 Å². The Morgan fingerprint density at radius 3 is 2.68 bits per heavy atom. The highest BCUT2D eigenvalue weighted by atomic mass is 32.1. The first-order chi connectivity index (χ1) is 9.01. The highest BCUT2D eigenvalue weighted by Crippen LogP contribution is 2.23. The van der Waals surface area contributed by atoms with Crippen LogP contribution in [0.25, 0.3) is 0 Å². The van der Waals surface area contributed by atoms with Gasteiger partial charge < -0.3 is 0 Å². The summed E-state index contributed by atoms with van der Waals surface area (Å²) in [4.78, 5) is 17.8. The normalized spacial score (nSPS) is 10.5. The molecule has 0 atom stereocenters. The molecule has 1 aromatic carbocycles. The summed E-state index contributed by atoms with van der Waals surface area (Å²) in [5.41, 5.74) is 3.83. The number of thiazole rings is 1. The molecule has 2 rings (SSSR count). The topological polar surface area (TPSA) is 42.0 Å². The van der Waals surface area contributed by atoms with Crippen LogP contribution in [-0.2, 0) is 6.42 Å². The van der Waals surface area contributed by atoms with E-state index in [9.17, 15) is 4.79 Å². The summed E-state index contributed by atoms with van der Waals surface area (Å²) in [5, 5.41) is 3.57. The number of anilines is 1. The number of carbonyl (C=O) groups excluding carboxylic acids is 1. The summed E-state index contributed by atoms with van der Waals surface area (Å²) in [6.45, 7) is 8.03. The number of nitrogens with one attached hydrogen (secondary N) is 1. The van der Waals surface area contributed by atoms with Gasteiger partial charge in [-0.15, -0.1) is 11.3 Å². The van der Waals surface area contributed by atoms with Crippen molar-refractivity contribution in [2.45, 2.75) is 34.1 Å². The third-order valence-corrected chi connectivity index (χ3v) is 4.01. The molecule has 1 heterocycles. The summed E-state index contributed by atoms with van der Waals surface area (Å²) in [7, 11) is 0. The van der Waals surface area contributed by atoms with E-state index in [0.29, 0.717) is 10.7 Å². The molecule has 1 amide bonds. The van der Waals surface area contributed by atoms with Crippen molar-refractivity contribution < 1.29 is 4.79 Å². The van der Waals surface area contributed by atoms with E-state index < -0.39 is 0 Å². The minimum atomic E-state index is -0.0856. The van der Waals surface area contributed by atoms with E-state index in [-0.39, 0.29) is 5.91 Å². The van der Waals surface area contributed by atoms with Gasteiger partial charge in [0.15, 0.2) is 5.13 Å². The van der Waals surface area contributed by atoms with E-state index >= 15 is 0 Å². The first-order valence-electron chi connectivity index (χ1n) is 6.36. The molecule has 0 bridgehead atoms. The summed E-state index contributed by atoms with van der Waals surface area (Å²) >= 11 is 1.53. The molecule has 3 nitrogen and oxygen atoms in total. The van der Waals surface area contributed by atoms with Gasteiger partial charge >= 0.3 is 0 Å². The summed E-state index contributed by atoms with van der Waals surface area (Å²) < 4.78 is 0. The fraction of sp³-hybridized carbons (Fsp3) is 0.333. The Bertz CT molecular complexity index is 617. The molecule has 1 aromatic heterocycles. The summed E-state index contributed by atoms with van der Waals surface area (Å²) in [6, 6.07) is 5.88. The number of amides is 1. The van der Waals surface area contributed by atoms with Gasteiger partial charge in [-0.1, -0.05) is 24.6 Å². The molecule has 4 heteroatoms. The molecule has 0 aliphatic carbocycles. The molecule has 2 aromatic rings. The quantitative estimate of drug-likeness (QED) is 0.922. The summed E-state index contributed by atoms with van der Waals surface area (Å²) in [5.74, 6) is -0.0856. The predicted octanol–water partition coefficient (Wildman–Crippen LogP) is 3.88. The highest BCUT2D eigenvalue weighted by molar-refractivity contribution is 7.15. The molecular formula is C15H18N2OS. The number of carbonyl (C=O) groups is 1. The molecule has 0 fully saturated rings. The maximum Gasteiger partial charge on any atom is 0.257 e. The van der Waals surface area contributed by atoms with E-state index in [1.54, 1.807) is 0 Å². The van der Waals surface area contributed by atoms with Crippen molar-refractivity contribution in [3.05, 3.63) is 45.5 Å². The number of hydrogen-bond donors (Lipinski definition) is 1. The second kappa shape index (κ2) is 5.53. The van der Waals surface area contributed by atoms with E-state index in [4.69, 9.17) is 0 Å². The lowest BCUT2D eigenvalue weighted by molar-refractivity contribution is 0.102. The molecule has 0 saturated heterocycles. The van der Waals surface area contributed by atoms with Crippen LogP contribution in [0.15, 0.2) is 18.2 Å². The number of nitrogens with zero attached hydrogens (tertiary/aromatic N) is 1. The third-order valence-electron chi connectivity index (χ3n) is 3.09. The number of aromatic nitrogens is 1. The fourth-order valence-electron chi connectivity index (χ4n) is 1.95. The smallest absolute Gasteiger partial charge is 0.257 e. The lowest BCUT2D eigenvalue weighted by atomic mass is 10.1. The molecule has 0 unspecified atom stereocenters. The second-order valence-electron chi connectivity index (χ2n) is 4.65. The van der Waals surface area contributed by atoms with Crippen LogP contribution in [0.3, 0.4) is 0 Å². The maximum atomic E-state index is 12.3. The molecule has 0 aliphatic heterocycles. The van der Waals surface area contributed by atoms with Crippen LogP contribution < -0.4 is 5.32 Å². The average Bonchev–Trinajstić information content (AvgIpc) is 2.72. The van der Waals surface area contributed by atoms with E-state index in [1.807, 2.05) is 39.0 Å². The van der Waals surface area contributed by atoms with Crippen molar-refractivity contribution in [1.29, 1.82) is 0 Å². The third kappa shape index (κ3) is 3.01. The molecule has 0 spiro atoms. The van der Waals surface area contributed by atoms with Crippen molar-refractivity contribution in [3.8, 4) is 0 Å². The minimum absolute atomic E-state index is 0.0856. The monoisotopic (exact) mass is 274 g/mol. The van der Waals surface area contributed by atoms with Gasteiger partial charge in [0, 0.05) is 10.4 Å². The number of aryl methyl sites for hydroxylation is 4. The van der Waals surface area contributed by atoms with E-state index in [2.05, 4.69) is 17.2 Å². The molecule has 0 radical (unpaired) electrons. The lowest BCUT2D eigenvalue weighted by Gasteiger charge is -2.06. The Labute approximate surface area is 117 Å². The molecule has 19 heavy (non-hydrogen) atoms. The Kier molecular flexibility index (Phi) is 4.00. The zero-order valence-corrected chi connectivity index (χ0v) is 12.5. The van der Waals surface area contributed by atoms with Crippen LogP contribution in [0.2, 0.25) is 0 Å². The number of benzene rings is 1. The average molecular weight is 274 g/mol. The SMILES string of the molecule is CCc1nc(NC(=O)c2cc(C)ccc2C)sc1C. The van der Waals surface area contributed by atoms with E-state index in [0.717, 1.165) is 23.2 Å². The maximum absolute atomic E-state index is 12.3. The lowest BCUT2D eigenvalue weighted by Crippen LogP contribution is -2.13. The predicted molar refractivity (Wildman–Crippen MR) is 80.1 cm³/mol. The Morgan fingerprint density at radius 1 is 1.32 bits per heavy atom. The van der Waals surface area contributed by atoms with Gasteiger partial charge in [0.1, 0.15) is 0 Å². The van der Waals surface area contributed by atoms with Crippen LogP contribution >= 0.6 is 11.3 Å². The first kappa shape index (κ1) is 13.7. The minimum Gasteiger partial charge on any atom is -0.298 e. The Morgan fingerprint density at radius 2 is 2.05 bits per heavy atom. The highest BCUT2D eigenvalue weighted by Gasteiger charge is 2.13. The van der Waals surface area contributed by atoms with Crippen molar-refractivity contribution in [2.24, 2.45) is 0 Å². The Hall–Kier alpha value is -1.68. The molecular weight excluding hydrogens is 256 g/mol. The number of rotatable bonds is 3. The van der Waals surface area contributed by atoms with Crippen LogP contribution in [0.5, 0.6) is 0 Å². The van der Waals surface area contributed by atoms with Crippen LogP contribution in [-0.4, -0.2) is 10.9 Å². The van der Waals surface area contributed by atoms with Crippen molar-refractivity contribution in [1.82, 2.24) is 4.98 Å². The van der Waals surface area contributed by atoms with Crippen molar-refractivity contribution in [3.63, 3.8) is 0 Å². The van der Waals surface area contributed by atoms with E-state index in [1.165, 1.54) is 16.2 Å². The molecule has 0 aliphatic rings. The summed E-state index contributed by atoms with van der Waals surface area (Å²) in [6.07, 6.45) is 0.891. The van der Waals surface area contributed by atoms with Gasteiger partial charge in [0.25, 0.3) is 5.91 Å². The van der Waals surface area contributed by atoms with Gasteiger partial charge in [0.2, 0.25) is 0 Å². The zero-order chi connectivity index (χ0) is 14.0. The number of hydrogen-bond acceptors (Lipinski definition) is 3. The molecule has 1 N–H and O–H groups in total. The fourth-order valence-corrected chi connectivity index (χ4v) is 2.85. The van der Waals surface area contributed by atoms with Crippen LogP contribution in [0.1, 0.15) is 39.0 Å². The van der Waals surface area contributed by atoms with Crippen LogP contribution in [0, 0.1) is 20.8 Å².